The fourth-order valence-electron chi connectivity index (χ4n) is 1.45. The van der Waals surface area contributed by atoms with Gasteiger partial charge in [-0.05, 0) is 29.8 Å². The number of halogens is 1. The summed E-state index contributed by atoms with van der Waals surface area (Å²) in [6.07, 6.45) is 4.31. The Morgan fingerprint density at radius 1 is 1.17 bits per heavy atom. The van der Waals surface area contributed by atoms with E-state index in [1.165, 1.54) is 18.3 Å². The zero-order chi connectivity index (χ0) is 13.0. The second-order valence-corrected chi connectivity index (χ2v) is 4.10. The molecule has 0 amide bonds. The van der Waals surface area contributed by atoms with Gasteiger partial charge in [0.05, 0.1) is 0 Å². The number of aromatic nitrogens is 1. The average Bonchev–Trinajstić information content (AvgIpc) is 2.38. The van der Waals surface area contributed by atoms with Crippen molar-refractivity contribution in [1.29, 1.82) is 0 Å². The zero-order valence-electron chi connectivity index (χ0n) is 9.42. The molecule has 0 fully saturated rings. The first-order valence-corrected chi connectivity index (χ1v) is 5.71. The van der Waals surface area contributed by atoms with E-state index in [9.17, 15) is 10.0 Å². The molecule has 1 aromatic heterocycles. The minimum Gasteiger partial charge on any atom is -0.618 e. The summed E-state index contributed by atoms with van der Waals surface area (Å²) < 4.78 is 0.550. The molecule has 1 aromatic carbocycles. The molecule has 4 heteroatoms. The van der Waals surface area contributed by atoms with Gasteiger partial charge in [-0.25, -0.2) is 0 Å². The Morgan fingerprint density at radius 3 is 2.56 bits per heavy atom. The molecule has 0 unspecified atom stereocenters. The Hall–Kier alpha value is -2.13. The molecular formula is C14H10ClNO2. The SMILES string of the molecule is O=C(/C=C\c1ccc(Cl)cc1)c1cccc[n+]1[O-]. The van der Waals surface area contributed by atoms with Crippen LogP contribution in [0.15, 0.2) is 54.7 Å². The molecule has 0 aliphatic rings. The first-order chi connectivity index (χ1) is 8.66. The molecule has 0 spiro atoms. The molecule has 18 heavy (non-hydrogen) atoms. The molecule has 3 nitrogen and oxygen atoms in total. The van der Waals surface area contributed by atoms with Crippen LogP contribution in [0.2, 0.25) is 5.02 Å². The molecule has 0 saturated heterocycles. The van der Waals surface area contributed by atoms with Crippen molar-refractivity contribution in [3.63, 3.8) is 0 Å². The molecule has 90 valence electrons. The summed E-state index contributed by atoms with van der Waals surface area (Å²) in [5.41, 5.74) is 0.948. The number of benzene rings is 1. The van der Waals surface area contributed by atoms with Gasteiger partial charge in [-0.1, -0.05) is 29.8 Å². The monoisotopic (exact) mass is 259 g/mol. The number of carbonyl (C=O) groups excluding carboxylic acids is 1. The summed E-state index contributed by atoms with van der Waals surface area (Å²) in [5.74, 6) is -0.333. The number of rotatable bonds is 3. The molecule has 0 bridgehead atoms. The quantitative estimate of drug-likeness (QED) is 0.368. The van der Waals surface area contributed by atoms with Crippen LogP contribution in [0.4, 0.5) is 0 Å². The van der Waals surface area contributed by atoms with Crippen LogP contribution in [0.1, 0.15) is 16.1 Å². The standard InChI is InChI=1S/C14H10ClNO2/c15-12-7-4-11(5-8-12)6-9-14(17)13-3-1-2-10-16(13)18/h1-10H/b9-6-. The van der Waals surface area contributed by atoms with Crippen LogP contribution in [0, 0.1) is 5.21 Å². The van der Waals surface area contributed by atoms with Gasteiger partial charge in [0.1, 0.15) is 0 Å². The highest BCUT2D eigenvalue weighted by atomic mass is 35.5. The van der Waals surface area contributed by atoms with Crippen LogP contribution in [-0.2, 0) is 0 Å². The highest BCUT2D eigenvalue weighted by molar-refractivity contribution is 6.30. The van der Waals surface area contributed by atoms with Crippen LogP contribution >= 0.6 is 11.6 Å². The molecule has 0 aliphatic heterocycles. The topological polar surface area (TPSA) is 44.0 Å². The number of nitrogens with zero attached hydrogens (tertiary/aromatic N) is 1. The lowest BCUT2D eigenvalue weighted by Crippen LogP contribution is -2.33. The molecule has 0 radical (unpaired) electrons. The molecule has 2 aromatic rings. The van der Waals surface area contributed by atoms with E-state index in [-0.39, 0.29) is 11.5 Å². The number of hydrogen-bond donors (Lipinski definition) is 0. The van der Waals surface area contributed by atoms with Crippen molar-refractivity contribution >= 4 is 23.5 Å². The van der Waals surface area contributed by atoms with Crippen LogP contribution in [0.5, 0.6) is 0 Å². The van der Waals surface area contributed by atoms with Crippen LogP contribution < -0.4 is 4.73 Å². The summed E-state index contributed by atoms with van der Waals surface area (Å²) in [6, 6.07) is 11.8. The molecule has 1 heterocycles. The van der Waals surface area contributed by atoms with Gasteiger partial charge in [-0.3, -0.25) is 4.79 Å². The summed E-state index contributed by atoms with van der Waals surface area (Å²) in [4.78, 5) is 11.8. The Balaban J connectivity index is 2.17. The van der Waals surface area contributed by atoms with Crippen LogP contribution in [0.3, 0.4) is 0 Å². The van der Waals surface area contributed by atoms with Gasteiger partial charge in [0, 0.05) is 17.2 Å². The van der Waals surface area contributed by atoms with Gasteiger partial charge in [0.2, 0.25) is 0 Å². The predicted octanol–water partition coefficient (Wildman–Crippen LogP) is 2.87. The van der Waals surface area contributed by atoms with Gasteiger partial charge in [0.25, 0.3) is 11.5 Å². The molecule has 0 N–H and O–H groups in total. The first kappa shape index (κ1) is 12.3. The number of pyridine rings is 1. The van der Waals surface area contributed by atoms with Crippen molar-refractivity contribution < 1.29 is 9.52 Å². The normalized spacial score (nSPS) is 10.7. The lowest BCUT2D eigenvalue weighted by molar-refractivity contribution is -0.607. The van der Waals surface area contributed by atoms with E-state index in [0.717, 1.165) is 5.56 Å². The Kier molecular flexibility index (Phi) is 3.75. The third kappa shape index (κ3) is 2.96. The van der Waals surface area contributed by atoms with Crippen molar-refractivity contribution in [2.75, 3.05) is 0 Å². The number of ketones is 1. The van der Waals surface area contributed by atoms with E-state index in [4.69, 9.17) is 11.6 Å². The Labute approximate surface area is 110 Å². The van der Waals surface area contributed by atoms with Crippen molar-refractivity contribution in [2.24, 2.45) is 0 Å². The number of carbonyl (C=O) groups is 1. The van der Waals surface area contributed by atoms with Gasteiger partial charge < -0.3 is 5.21 Å². The lowest BCUT2D eigenvalue weighted by atomic mass is 10.1. The maximum absolute atomic E-state index is 11.8. The first-order valence-electron chi connectivity index (χ1n) is 5.33. The van der Waals surface area contributed by atoms with Crippen LogP contribution in [0.25, 0.3) is 6.08 Å². The third-order valence-electron chi connectivity index (χ3n) is 2.37. The lowest BCUT2D eigenvalue weighted by Gasteiger charge is -1.99. The van der Waals surface area contributed by atoms with Crippen molar-refractivity contribution in [3.8, 4) is 0 Å². The third-order valence-corrected chi connectivity index (χ3v) is 2.63. The van der Waals surface area contributed by atoms with Gasteiger partial charge in [-0.15, -0.1) is 0 Å². The summed E-state index contributed by atoms with van der Waals surface area (Å²) in [5, 5.41) is 12.0. The maximum atomic E-state index is 11.8. The van der Waals surface area contributed by atoms with E-state index in [1.807, 2.05) is 0 Å². The zero-order valence-corrected chi connectivity index (χ0v) is 10.2. The van der Waals surface area contributed by atoms with Crippen molar-refractivity contribution in [3.05, 3.63) is 76.2 Å². The van der Waals surface area contributed by atoms with Gasteiger partial charge >= 0.3 is 0 Å². The Bertz CT molecular complexity index is 591. The minimum absolute atomic E-state index is 0.0997. The largest absolute Gasteiger partial charge is 0.618 e. The van der Waals surface area contributed by atoms with Crippen molar-refractivity contribution in [1.82, 2.24) is 0 Å². The fourth-order valence-corrected chi connectivity index (χ4v) is 1.58. The number of allylic oxidation sites excluding steroid dienone is 1. The van der Waals surface area contributed by atoms with E-state index in [2.05, 4.69) is 0 Å². The van der Waals surface area contributed by atoms with E-state index in [1.54, 1.807) is 42.5 Å². The maximum Gasteiger partial charge on any atom is 0.264 e. The summed E-state index contributed by atoms with van der Waals surface area (Å²) >= 11 is 5.76. The highest BCUT2D eigenvalue weighted by Gasteiger charge is 2.10. The fraction of sp³-hybridized carbons (Fsp3) is 0. The summed E-state index contributed by atoms with van der Waals surface area (Å²) in [7, 11) is 0. The highest BCUT2D eigenvalue weighted by Crippen LogP contribution is 2.10. The van der Waals surface area contributed by atoms with Crippen LogP contribution in [-0.4, -0.2) is 5.78 Å². The smallest absolute Gasteiger partial charge is 0.264 e. The van der Waals surface area contributed by atoms with Gasteiger partial charge in [0.15, 0.2) is 6.20 Å². The molecule has 0 atom stereocenters. The van der Waals surface area contributed by atoms with E-state index < -0.39 is 0 Å². The number of hydrogen-bond acceptors (Lipinski definition) is 2. The van der Waals surface area contributed by atoms with E-state index >= 15 is 0 Å². The molecular weight excluding hydrogens is 250 g/mol. The minimum atomic E-state index is -0.333. The van der Waals surface area contributed by atoms with E-state index in [0.29, 0.717) is 9.75 Å². The average molecular weight is 260 g/mol. The van der Waals surface area contributed by atoms with Crippen molar-refractivity contribution in [2.45, 2.75) is 0 Å². The second kappa shape index (κ2) is 5.47. The summed E-state index contributed by atoms with van der Waals surface area (Å²) in [6.45, 7) is 0. The van der Waals surface area contributed by atoms with Gasteiger partial charge in [-0.2, -0.15) is 4.73 Å². The second-order valence-electron chi connectivity index (χ2n) is 3.66. The predicted molar refractivity (Wildman–Crippen MR) is 70.2 cm³/mol. The molecule has 0 saturated carbocycles. The Morgan fingerprint density at radius 2 is 1.89 bits per heavy atom. The molecule has 0 aliphatic carbocycles. The molecule has 2 rings (SSSR count).